The van der Waals surface area contributed by atoms with Gasteiger partial charge in [-0.3, -0.25) is 0 Å². The molecule has 17 heavy (non-hydrogen) atoms. The Balaban J connectivity index is 3.10. The lowest BCUT2D eigenvalue weighted by molar-refractivity contribution is 0.546. The lowest BCUT2D eigenvalue weighted by Gasteiger charge is -2.24. The summed E-state index contributed by atoms with van der Waals surface area (Å²) in [5.74, 6) is 0. The van der Waals surface area contributed by atoms with E-state index < -0.39 is 15.6 Å². The van der Waals surface area contributed by atoms with E-state index in [4.69, 9.17) is 18.0 Å². The molecule has 1 aromatic rings. The molecular formula is C11H16N2O2S2. The molecule has 0 spiro atoms. The average molecular weight is 272 g/mol. The number of benzene rings is 1. The Hall–Kier alpha value is -0.980. The first-order chi connectivity index (χ1) is 7.65. The van der Waals surface area contributed by atoms with Gasteiger partial charge in [0.15, 0.2) is 0 Å². The van der Waals surface area contributed by atoms with Crippen LogP contribution in [0.15, 0.2) is 29.2 Å². The zero-order valence-electron chi connectivity index (χ0n) is 10.0. The van der Waals surface area contributed by atoms with E-state index in [1.54, 1.807) is 26.0 Å². The Bertz CT molecular complexity index is 536. The van der Waals surface area contributed by atoms with Crippen molar-refractivity contribution in [3.8, 4) is 0 Å². The number of nitrogens with two attached hydrogens (primary N) is 1. The first kappa shape index (κ1) is 14.1. The van der Waals surface area contributed by atoms with E-state index in [0.29, 0.717) is 0 Å². The zero-order chi connectivity index (χ0) is 13.3. The smallest absolute Gasteiger partial charge is 0.241 e. The summed E-state index contributed by atoms with van der Waals surface area (Å²) in [6.45, 7) is 5.09. The van der Waals surface area contributed by atoms with E-state index in [-0.39, 0.29) is 9.88 Å². The van der Waals surface area contributed by atoms with Gasteiger partial charge in [0.2, 0.25) is 10.0 Å². The molecule has 1 aromatic carbocycles. The molecule has 6 heteroatoms. The Kier molecular flexibility index (Phi) is 3.91. The predicted octanol–water partition coefficient (Wildman–Crippen LogP) is 1.34. The molecule has 0 fully saturated rings. The summed E-state index contributed by atoms with van der Waals surface area (Å²) in [5, 5.41) is 0. The van der Waals surface area contributed by atoms with Crippen LogP contribution in [0, 0.1) is 6.92 Å². The molecule has 1 rings (SSSR count). The first-order valence-corrected chi connectivity index (χ1v) is 6.95. The molecule has 0 aliphatic carbocycles. The van der Waals surface area contributed by atoms with Gasteiger partial charge in [0.25, 0.3) is 0 Å². The fourth-order valence-corrected chi connectivity index (χ4v) is 2.84. The summed E-state index contributed by atoms with van der Waals surface area (Å²) in [4.78, 5) is 0.315. The Morgan fingerprint density at radius 2 is 2.00 bits per heavy atom. The second-order valence-electron chi connectivity index (χ2n) is 4.41. The average Bonchev–Trinajstić information content (AvgIpc) is 2.15. The van der Waals surface area contributed by atoms with Gasteiger partial charge in [0.1, 0.15) is 0 Å². The fourth-order valence-electron chi connectivity index (χ4n) is 1.23. The van der Waals surface area contributed by atoms with Crippen LogP contribution in [0.3, 0.4) is 0 Å². The topological polar surface area (TPSA) is 72.2 Å². The van der Waals surface area contributed by atoms with Gasteiger partial charge in [0, 0.05) is 0 Å². The van der Waals surface area contributed by atoms with Crippen LogP contribution >= 0.6 is 12.2 Å². The highest BCUT2D eigenvalue weighted by molar-refractivity contribution is 7.89. The van der Waals surface area contributed by atoms with Gasteiger partial charge in [-0.05, 0) is 38.5 Å². The molecule has 0 radical (unpaired) electrons. The van der Waals surface area contributed by atoms with Crippen molar-refractivity contribution in [2.75, 3.05) is 0 Å². The maximum absolute atomic E-state index is 12.1. The largest absolute Gasteiger partial charge is 0.392 e. The third-order valence-electron chi connectivity index (χ3n) is 2.31. The molecule has 3 N–H and O–H groups in total. The Morgan fingerprint density at radius 3 is 2.47 bits per heavy atom. The lowest BCUT2D eigenvalue weighted by Crippen LogP contribution is -2.51. The summed E-state index contributed by atoms with van der Waals surface area (Å²) in [6.07, 6.45) is 0. The Morgan fingerprint density at radius 1 is 1.41 bits per heavy atom. The molecule has 0 saturated carbocycles. The van der Waals surface area contributed by atoms with E-state index in [2.05, 4.69) is 4.72 Å². The van der Waals surface area contributed by atoms with Gasteiger partial charge in [-0.15, -0.1) is 0 Å². The van der Waals surface area contributed by atoms with Crippen LogP contribution in [0.2, 0.25) is 0 Å². The summed E-state index contributed by atoms with van der Waals surface area (Å²) in [6, 6.07) is 6.65. The highest BCUT2D eigenvalue weighted by Crippen LogP contribution is 2.14. The van der Waals surface area contributed by atoms with Crippen LogP contribution in [0.25, 0.3) is 0 Å². The molecular weight excluding hydrogens is 256 g/mol. The molecule has 0 heterocycles. The van der Waals surface area contributed by atoms with Crippen molar-refractivity contribution in [1.82, 2.24) is 4.72 Å². The summed E-state index contributed by atoms with van der Waals surface area (Å²) in [7, 11) is -3.60. The van der Waals surface area contributed by atoms with Gasteiger partial charge < -0.3 is 5.73 Å². The quantitative estimate of drug-likeness (QED) is 0.811. The van der Waals surface area contributed by atoms with Gasteiger partial charge in [-0.1, -0.05) is 24.4 Å². The number of rotatable bonds is 4. The third kappa shape index (κ3) is 3.49. The van der Waals surface area contributed by atoms with Crippen molar-refractivity contribution in [3.63, 3.8) is 0 Å². The van der Waals surface area contributed by atoms with E-state index in [9.17, 15) is 8.42 Å². The minimum Gasteiger partial charge on any atom is -0.392 e. The van der Waals surface area contributed by atoms with Crippen molar-refractivity contribution < 1.29 is 8.42 Å². The molecule has 94 valence electrons. The number of sulfonamides is 1. The van der Waals surface area contributed by atoms with E-state index >= 15 is 0 Å². The first-order valence-electron chi connectivity index (χ1n) is 5.06. The van der Waals surface area contributed by atoms with E-state index in [1.807, 2.05) is 13.0 Å². The van der Waals surface area contributed by atoms with Crippen LogP contribution in [0.4, 0.5) is 0 Å². The van der Waals surface area contributed by atoms with Crippen molar-refractivity contribution in [1.29, 1.82) is 0 Å². The summed E-state index contributed by atoms with van der Waals surface area (Å²) < 4.78 is 26.6. The van der Waals surface area contributed by atoms with E-state index in [0.717, 1.165) is 5.56 Å². The molecule has 0 aliphatic rings. The molecule has 0 aliphatic heterocycles. The monoisotopic (exact) mass is 272 g/mol. The molecule has 0 unspecified atom stereocenters. The lowest BCUT2D eigenvalue weighted by atomic mass is 10.1. The van der Waals surface area contributed by atoms with Gasteiger partial charge in [0.05, 0.1) is 15.4 Å². The molecule has 0 bridgehead atoms. The Labute approximate surface area is 107 Å². The number of hydrogen-bond donors (Lipinski definition) is 2. The molecule has 4 nitrogen and oxygen atoms in total. The number of nitrogens with one attached hydrogen (secondary N) is 1. The highest BCUT2D eigenvalue weighted by atomic mass is 32.2. The minimum atomic E-state index is -3.60. The summed E-state index contributed by atoms with van der Waals surface area (Å²) in [5.41, 5.74) is 5.42. The maximum atomic E-state index is 12.1. The van der Waals surface area contributed by atoms with Crippen LogP contribution < -0.4 is 10.5 Å². The highest BCUT2D eigenvalue weighted by Gasteiger charge is 2.28. The van der Waals surface area contributed by atoms with Crippen molar-refractivity contribution >= 4 is 27.2 Å². The van der Waals surface area contributed by atoms with Gasteiger partial charge in [-0.25, -0.2) is 8.42 Å². The predicted molar refractivity (Wildman–Crippen MR) is 72.4 cm³/mol. The third-order valence-corrected chi connectivity index (χ3v) is 4.47. The van der Waals surface area contributed by atoms with Crippen molar-refractivity contribution in [2.45, 2.75) is 31.2 Å². The summed E-state index contributed by atoms with van der Waals surface area (Å²) >= 11 is 4.83. The zero-order valence-corrected chi connectivity index (χ0v) is 11.7. The second kappa shape index (κ2) is 4.72. The number of aryl methyl sites for hydroxylation is 1. The number of hydrogen-bond acceptors (Lipinski definition) is 3. The standard InChI is InChI=1S/C11H16N2O2S2/c1-8-5-4-6-9(7-8)17(14,15)13-11(2,3)10(12)16/h4-7,13H,1-3H3,(H2,12,16). The van der Waals surface area contributed by atoms with Crippen LogP contribution in [0.5, 0.6) is 0 Å². The fraction of sp³-hybridized carbons (Fsp3) is 0.364. The van der Waals surface area contributed by atoms with Crippen LogP contribution in [0.1, 0.15) is 19.4 Å². The molecule has 0 saturated heterocycles. The van der Waals surface area contributed by atoms with Gasteiger partial charge in [-0.2, -0.15) is 4.72 Å². The molecule has 0 aromatic heterocycles. The van der Waals surface area contributed by atoms with Crippen LogP contribution in [-0.2, 0) is 10.0 Å². The SMILES string of the molecule is Cc1cccc(S(=O)(=O)NC(C)(C)C(N)=S)c1. The van der Waals surface area contributed by atoms with Crippen molar-refractivity contribution in [3.05, 3.63) is 29.8 Å². The second-order valence-corrected chi connectivity index (χ2v) is 6.53. The van der Waals surface area contributed by atoms with Crippen molar-refractivity contribution in [2.24, 2.45) is 5.73 Å². The molecule has 0 amide bonds. The van der Waals surface area contributed by atoms with Gasteiger partial charge >= 0.3 is 0 Å². The normalized spacial score (nSPS) is 12.4. The molecule has 0 atom stereocenters. The minimum absolute atomic E-state index is 0.105. The van der Waals surface area contributed by atoms with Crippen LogP contribution in [-0.4, -0.2) is 18.9 Å². The van der Waals surface area contributed by atoms with E-state index in [1.165, 1.54) is 6.07 Å². The number of thiocarbonyl (C=S) groups is 1. The maximum Gasteiger partial charge on any atom is 0.241 e.